The lowest BCUT2D eigenvalue weighted by Gasteiger charge is -1.97. The number of hydrogen-bond donors (Lipinski definition) is 0. The van der Waals surface area contributed by atoms with Crippen LogP contribution < -0.4 is 0 Å². The van der Waals surface area contributed by atoms with Crippen LogP contribution in [0, 0.1) is 0 Å². The molecule has 56 valence electrons. The fourth-order valence-electron chi connectivity index (χ4n) is 1.00. The van der Waals surface area contributed by atoms with E-state index in [0.29, 0.717) is 0 Å². The summed E-state index contributed by atoms with van der Waals surface area (Å²) in [6.07, 6.45) is 2.87. The maximum atomic E-state index is 2.31. The van der Waals surface area contributed by atoms with Gasteiger partial charge in [0.05, 0.1) is 0 Å². The molecule has 0 N–H and O–H groups in total. The van der Waals surface area contributed by atoms with Crippen LogP contribution in [-0.4, -0.2) is 10.5 Å². The quantitative estimate of drug-likeness (QED) is 0.505. The Morgan fingerprint density at radius 2 is 1.33 bits per heavy atom. The number of hydrogen-bond acceptors (Lipinski definition) is 1. The summed E-state index contributed by atoms with van der Waals surface area (Å²) in [4.78, 5) is 0. The SMILES string of the molecule is CC.CC1CCC(C)S1. The average Bonchev–Trinajstić information content (AvgIpc) is 2.20. The molecular formula is C8H18S. The highest BCUT2D eigenvalue weighted by atomic mass is 32.2. The van der Waals surface area contributed by atoms with E-state index < -0.39 is 0 Å². The summed E-state index contributed by atoms with van der Waals surface area (Å²) >= 11 is 2.12. The fourth-order valence-corrected chi connectivity index (χ4v) is 2.34. The van der Waals surface area contributed by atoms with Crippen LogP contribution in [0.2, 0.25) is 0 Å². The zero-order valence-electron chi connectivity index (χ0n) is 6.98. The second kappa shape index (κ2) is 5.16. The van der Waals surface area contributed by atoms with Crippen molar-refractivity contribution in [3.63, 3.8) is 0 Å². The monoisotopic (exact) mass is 146 g/mol. The van der Waals surface area contributed by atoms with E-state index in [1.54, 1.807) is 0 Å². The lowest BCUT2D eigenvalue weighted by Crippen LogP contribution is -1.84. The van der Waals surface area contributed by atoms with E-state index in [1.807, 2.05) is 13.8 Å². The minimum Gasteiger partial charge on any atom is -0.156 e. The Labute approximate surface area is 63.4 Å². The van der Waals surface area contributed by atoms with E-state index in [4.69, 9.17) is 0 Å². The normalized spacial score (nSPS) is 33.3. The summed E-state index contributed by atoms with van der Waals surface area (Å²) in [5, 5.41) is 1.88. The Bertz CT molecular complexity index is 53.6. The summed E-state index contributed by atoms with van der Waals surface area (Å²) in [7, 11) is 0. The Hall–Kier alpha value is 0.350. The van der Waals surface area contributed by atoms with Crippen LogP contribution in [0.4, 0.5) is 0 Å². The molecule has 2 atom stereocenters. The van der Waals surface area contributed by atoms with Crippen LogP contribution in [0.25, 0.3) is 0 Å². The van der Waals surface area contributed by atoms with Gasteiger partial charge in [-0.1, -0.05) is 27.7 Å². The van der Waals surface area contributed by atoms with Crippen molar-refractivity contribution in [1.82, 2.24) is 0 Å². The van der Waals surface area contributed by atoms with Gasteiger partial charge in [-0.3, -0.25) is 0 Å². The standard InChI is InChI=1S/C6H12S.C2H6/c1-5-3-4-6(2)7-5;1-2/h5-6H,3-4H2,1-2H3;1-2H3. The highest BCUT2D eigenvalue weighted by molar-refractivity contribution is 8.00. The van der Waals surface area contributed by atoms with Crippen LogP contribution in [-0.2, 0) is 0 Å². The first-order valence-electron chi connectivity index (χ1n) is 3.94. The van der Waals surface area contributed by atoms with Gasteiger partial charge < -0.3 is 0 Å². The van der Waals surface area contributed by atoms with Gasteiger partial charge in [0, 0.05) is 10.5 Å². The van der Waals surface area contributed by atoms with Crippen LogP contribution in [0.1, 0.15) is 40.5 Å². The Kier molecular flexibility index (Phi) is 5.36. The highest BCUT2D eigenvalue weighted by Gasteiger charge is 2.16. The molecule has 0 radical (unpaired) electrons. The molecule has 0 spiro atoms. The van der Waals surface area contributed by atoms with Crippen LogP contribution >= 0.6 is 11.8 Å². The second-order valence-electron chi connectivity index (χ2n) is 2.33. The fraction of sp³-hybridized carbons (Fsp3) is 1.00. The molecule has 1 fully saturated rings. The molecular weight excluding hydrogens is 128 g/mol. The van der Waals surface area contributed by atoms with Crippen molar-refractivity contribution in [2.24, 2.45) is 0 Å². The Balaban J connectivity index is 0.000000291. The van der Waals surface area contributed by atoms with Crippen molar-refractivity contribution in [2.45, 2.75) is 51.0 Å². The first-order valence-corrected chi connectivity index (χ1v) is 4.89. The lowest BCUT2D eigenvalue weighted by atomic mass is 10.2. The molecule has 1 saturated heterocycles. The first kappa shape index (κ1) is 9.35. The molecule has 0 nitrogen and oxygen atoms in total. The van der Waals surface area contributed by atoms with Crippen LogP contribution in [0.15, 0.2) is 0 Å². The predicted molar refractivity (Wildman–Crippen MR) is 47.1 cm³/mol. The van der Waals surface area contributed by atoms with E-state index in [1.165, 1.54) is 12.8 Å². The zero-order valence-corrected chi connectivity index (χ0v) is 7.79. The molecule has 0 aromatic carbocycles. The van der Waals surface area contributed by atoms with Gasteiger partial charge >= 0.3 is 0 Å². The van der Waals surface area contributed by atoms with Gasteiger partial charge in [-0.25, -0.2) is 0 Å². The van der Waals surface area contributed by atoms with E-state index in [0.717, 1.165) is 10.5 Å². The van der Waals surface area contributed by atoms with Gasteiger partial charge in [-0.15, -0.1) is 0 Å². The molecule has 0 amide bonds. The Morgan fingerprint density at radius 3 is 1.44 bits per heavy atom. The minimum absolute atomic E-state index is 0.940. The predicted octanol–water partition coefficient (Wildman–Crippen LogP) is 3.32. The third kappa shape index (κ3) is 3.85. The molecule has 1 heteroatoms. The summed E-state index contributed by atoms with van der Waals surface area (Å²) < 4.78 is 0. The van der Waals surface area contributed by atoms with E-state index in [9.17, 15) is 0 Å². The molecule has 1 heterocycles. The molecule has 0 aromatic heterocycles. The molecule has 1 aliphatic rings. The molecule has 9 heavy (non-hydrogen) atoms. The molecule has 2 unspecified atom stereocenters. The van der Waals surface area contributed by atoms with E-state index in [-0.39, 0.29) is 0 Å². The maximum absolute atomic E-state index is 2.31. The van der Waals surface area contributed by atoms with Crippen molar-refractivity contribution in [1.29, 1.82) is 0 Å². The topological polar surface area (TPSA) is 0 Å². The zero-order chi connectivity index (χ0) is 7.28. The maximum Gasteiger partial charge on any atom is 0.00217 e. The van der Waals surface area contributed by atoms with Crippen molar-refractivity contribution >= 4 is 11.8 Å². The highest BCUT2D eigenvalue weighted by Crippen LogP contribution is 2.32. The lowest BCUT2D eigenvalue weighted by molar-refractivity contribution is 0.777. The smallest absolute Gasteiger partial charge is 0.00217 e. The second-order valence-corrected chi connectivity index (χ2v) is 4.22. The van der Waals surface area contributed by atoms with Crippen molar-refractivity contribution < 1.29 is 0 Å². The Morgan fingerprint density at radius 1 is 1.00 bits per heavy atom. The van der Waals surface area contributed by atoms with Crippen molar-refractivity contribution in [3.05, 3.63) is 0 Å². The van der Waals surface area contributed by atoms with E-state index >= 15 is 0 Å². The summed E-state index contributed by atoms with van der Waals surface area (Å²) in [5.74, 6) is 0. The van der Waals surface area contributed by atoms with Crippen molar-refractivity contribution in [2.75, 3.05) is 0 Å². The first-order chi connectivity index (χ1) is 4.29. The molecule has 0 aromatic rings. The average molecular weight is 146 g/mol. The number of rotatable bonds is 0. The molecule has 0 saturated carbocycles. The van der Waals surface area contributed by atoms with Gasteiger partial charge in [0.2, 0.25) is 0 Å². The van der Waals surface area contributed by atoms with Crippen LogP contribution in [0.5, 0.6) is 0 Å². The molecule has 0 aliphatic carbocycles. The van der Waals surface area contributed by atoms with Gasteiger partial charge in [-0.05, 0) is 12.8 Å². The largest absolute Gasteiger partial charge is 0.156 e. The molecule has 0 bridgehead atoms. The number of thioether (sulfide) groups is 1. The van der Waals surface area contributed by atoms with Gasteiger partial charge in [0.25, 0.3) is 0 Å². The summed E-state index contributed by atoms with van der Waals surface area (Å²) in [6, 6.07) is 0. The van der Waals surface area contributed by atoms with Gasteiger partial charge in [-0.2, -0.15) is 11.8 Å². The van der Waals surface area contributed by atoms with Crippen LogP contribution in [0.3, 0.4) is 0 Å². The third-order valence-corrected chi connectivity index (χ3v) is 2.84. The minimum atomic E-state index is 0.940. The summed E-state index contributed by atoms with van der Waals surface area (Å²) in [6.45, 7) is 8.63. The summed E-state index contributed by atoms with van der Waals surface area (Å²) in [5.41, 5.74) is 0. The molecule has 1 aliphatic heterocycles. The third-order valence-electron chi connectivity index (χ3n) is 1.44. The van der Waals surface area contributed by atoms with Gasteiger partial charge in [0.15, 0.2) is 0 Å². The molecule has 1 rings (SSSR count). The van der Waals surface area contributed by atoms with E-state index in [2.05, 4.69) is 25.6 Å². The van der Waals surface area contributed by atoms with Crippen molar-refractivity contribution in [3.8, 4) is 0 Å². The van der Waals surface area contributed by atoms with Gasteiger partial charge in [0.1, 0.15) is 0 Å².